The van der Waals surface area contributed by atoms with Gasteiger partial charge in [-0.05, 0) is 77.6 Å². The Balaban J connectivity index is 1.65. The third-order valence-electron chi connectivity index (χ3n) is 10.3. The Labute approximate surface area is 227 Å². The van der Waals surface area contributed by atoms with E-state index in [1.807, 2.05) is 0 Å². The van der Waals surface area contributed by atoms with Crippen molar-refractivity contribution in [3.63, 3.8) is 0 Å². The van der Waals surface area contributed by atoms with E-state index in [0.717, 1.165) is 0 Å². The molecule has 0 unspecified atom stereocenters. The van der Waals surface area contributed by atoms with Gasteiger partial charge in [0.15, 0.2) is 0 Å². The van der Waals surface area contributed by atoms with Crippen molar-refractivity contribution in [1.82, 2.24) is 0 Å². The van der Waals surface area contributed by atoms with E-state index in [9.17, 15) is 0 Å². The zero-order valence-corrected chi connectivity index (χ0v) is 28.1. The van der Waals surface area contributed by atoms with Crippen LogP contribution in [0.5, 0.6) is 0 Å². The normalized spacial score (nSPS) is 33.0. The average molecular weight is 569 g/mol. The molecule has 0 N–H and O–H groups in total. The van der Waals surface area contributed by atoms with Gasteiger partial charge in [-0.2, -0.15) is 0 Å². The minimum atomic E-state index is -2.57. The molecule has 0 amide bonds. The molecule has 5 fully saturated rings. The third-order valence-corrected chi connectivity index (χ3v) is 30.1. The van der Waals surface area contributed by atoms with E-state index >= 15 is 0 Å². The van der Waals surface area contributed by atoms with Crippen LogP contribution in [0.2, 0.25) is 48.4 Å². The van der Waals surface area contributed by atoms with Crippen LogP contribution in [-0.2, 0) is 16.5 Å². The summed E-state index contributed by atoms with van der Waals surface area (Å²) in [5.74, 6) is 0. The predicted octanol–water partition coefficient (Wildman–Crippen LogP) is 9.69. The largest absolute Gasteiger partial charge is 0.416 e. The highest BCUT2D eigenvalue weighted by atomic mass is 28.5. The van der Waals surface area contributed by atoms with Gasteiger partial charge >= 0.3 is 34.2 Å². The van der Waals surface area contributed by atoms with E-state index in [1.165, 1.54) is 128 Å². The average Bonchev–Trinajstić information content (AvgIpc) is 2.88. The number of rotatable bonds is 4. The van der Waals surface area contributed by atoms with Crippen molar-refractivity contribution in [2.45, 2.75) is 177 Å². The van der Waals surface area contributed by atoms with Crippen molar-refractivity contribution in [2.75, 3.05) is 0 Å². The summed E-state index contributed by atoms with van der Waals surface area (Å²) in [4.78, 5) is 0. The van der Waals surface area contributed by atoms with Crippen LogP contribution in [0.1, 0.15) is 128 Å². The van der Waals surface area contributed by atoms with Gasteiger partial charge in [0.1, 0.15) is 0 Å². The highest BCUT2D eigenvalue weighted by Crippen LogP contribution is 2.58. The fourth-order valence-corrected chi connectivity index (χ4v) is 35.6. The lowest BCUT2D eigenvalue weighted by Gasteiger charge is -2.59. The van der Waals surface area contributed by atoms with Crippen molar-refractivity contribution in [2.24, 2.45) is 0 Å². The first-order chi connectivity index (χ1) is 17.2. The maximum atomic E-state index is 8.32. The molecule has 208 valence electrons. The summed E-state index contributed by atoms with van der Waals surface area (Å²) in [7, 11) is -9.89. The first-order valence-corrected chi connectivity index (χ1v) is 25.6. The molecule has 0 aromatic rings. The molecule has 4 aliphatic carbocycles. The van der Waals surface area contributed by atoms with Gasteiger partial charge in [-0.25, -0.2) is 0 Å². The molecule has 8 heteroatoms. The maximum absolute atomic E-state index is 8.32. The predicted molar refractivity (Wildman–Crippen MR) is 158 cm³/mol. The van der Waals surface area contributed by atoms with Crippen LogP contribution in [0, 0.1) is 0 Å². The molecule has 0 aromatic carbocycles. The van der Waals surface area contributed by atoms with Crippen LogP contribution in [0.15, 0.2) is 0 Å². The summed E-state index contributed by atoms with van der Waals surface area (Å²) >= 11 is 0. The molecular weight excluding hydrogens is 513 g/mol. The summed E-state index contributed by atoms with van der Waals surface area (Å²) in [5, 5.41) is 0. The molecule has 1 aliphatic heterocycles. The van der Waals surface area contributed by atoms with Crippen LogP contribution in [0.3, 0.4) is 0 Å². The molecule has 0 radical (unpaired) electrons. The zero-order valence-electron chi connectivity index (χ0n) is 24.1. The molecule has 4 saturated carbocycles. The molecule has 1 saturated heterocycles. The lowest BCUT2D eigenvalue weighted by molar-refractivity contribution is 0.172. The summed E-state index contributed by atoms with van der Waals surface area (Å²) in [6.45, 7) is 9.32. The van der Waals surface area contributed by atoms with Crippen LogP contribution in [0.4, 0.5) is 0 Å². The van der Waals surface area contributed by atoms with Gasteiger partial charge in [-0.1, -0.05) is 77.0 Å². The molecule has 0 atom stereocenters. The van der Waals surface area contributed by atoms with E-state index < -0.39 is 34.2 Å². The van der Waals surface area contributed by atoms with Crippen LogP contribution in [-0.4, -0.2) is 34.2 Å². The molecule has 4 nitrogen and oxygen atoms in total. The van der Waals surface area contributed by atoms with Gasteiger partial charge in [-0.15, -0.1) is 0 Å². The summed E-state index contributed by atoms with van der Waals surface area (Å²) in [5.41, 5.74) is 2.59. The van der Waals surface area contributed by atoms with Gasteiger partial charge < -0.3 is 16.5 Å². The second kappa shape index (κ2) is 11.7. The van der Waals surface area contributed by atoms with E-state index in [4.69, 9.17) is 16.5 Å². The summed E-state index contributed by atoms with van der Waals surface area (Å²) < 4.78 is 31.0. The van der Waals surface area contributed by atoms with Crippen molar-refractivity contribution in [3.8, 4) is 0 Å². The van der Waals surface area contributed by atoms with Gasteiger partial charge in [0.05, 0.1) is 0 Å². The fraction of sp³-hybridized carbons (Fsp3) is 1.00. The van der Waals surface area contributed by atoms with Crippen molar-refractivity contribution < 1.29 is 16.5 Å². The second-order valence-electron chi connectivity index (χ2n) is 14.0. The molecule has 5 aliphatic rings. The Hall–Kier alpha value is 0.708. The Bertz CT molecular complexity index is 614. The standard InChI is InChI=1S/C28H56O4Si4/c1-33(2)29-34(3,4)31-36(27-21-13-7-14-22-27,28-23-15-8-16-24-28)32-35(30-33,25-17-9-5-10-18-25)26-19-11-6-12-20-26/h25-28H,5-24H2,1-4H3. The van der Waals surface area contributed by atoms with Crippen molar-refractivity contribution >= 4 is 34.2 Å². The first kappa shape index (κ1) is 28.2. The van der Waals surface area contributed by atoms with Crippen molar-refractivity contribution in [1.29, 1.82) is 0 Å². The zero-order chi connectivity index (χ0) is 25.3. The van der Waals surface area contributed by atoms with Gasteiger partial charge in [0.2, 0.25) is 0 Å². The molecule has 0 aromatic heterocycles. The fourth-order valence-electron chi connectivity index (χ4n) is 9.05. The quantitative estimate of drug-likeness (QED) is 0.316. The maximum Gasteiger partial charge on any atom is 0.327 e. The smallest absolute Gasteiger partial charge is 0.327 e. The lowest BCUT2D eigenvalue weighted by atomic mass is 9.99. The highest BCUT2D eigenvalue weighted by molar-refractivity contribution is 6.95. The molecule has 5 rings (SSSR count). The number of hydrogen-bond acceptors (Lipinski definition) is 4. The van der Waals surface area contributed by atoms with E-state index in [2.05, 4.69) is 26.2 Å². The lowest BCUT2D eigenvalue weighted by Crippen LogP contribution is -2.72. The Morgan fingerprint density at radius 3 is 0.833 bits per heavy atom. The third kappa shape index (κ3) is 6.05. The summed E-state index contributed by atoms with van der Waals surface area (Å²) in [6, 6.07) is 0. The molecule has 0 bridgehead atoms. The Kier molecular flexibility index (Phi) is 9.16. The SMILES string of the molecule is C[Si]1(C)O[Si](C)(C)O[Si](C2CCCCC2)(C2CCCCC2)O[Si](C2CCCCC2)(C2CCCCC2)O1. The monoisotopic (exact) mass is 568 g/mol. The summed E-state index contributed by atoms with van der Waals surface area (Å²) in [6.07, 6.45) is 27.1. The highest BCUT2D eigenvalue weighted by Gasteiger charge is 2.66. The Morgan fingerprint density at radius 1 is 0.333 bits per heavy atom. The van der Waals surface area contributed by atoms with Crippen molar-refractivity contribution in [3.05, 3.63) is 0 Å². The van der Waals surface area contributed by atoms with E-state index in [0.29, 0.717) is 22.2 Å². The van der Waals surface area contributed by atoms with Crippen LogP contribution in [0.25, 0.3) is 0 Å². The second-order valence-corrected chi connectivity index (χ2v) is 29.0. The van der Waals surface area contributed by atoms with Gasteiger partial charge in [0.25, 0.3) is 0 Å². The molecule has 1 heterocycles. The topological polar surface area (TPSA) is 36.9 Å². The molecule has 0 spiro atoms. The minimum absolute atomic E-state index is 0.648. The Morgan fingerprint density at radius 2 is 0.583 bits per heavy atom. The van der Waals surface area contributed by atoms with E-state index in [1.54, 1.807) is 0 Å². The number of hydrogen-bond donors (Lipinski definition) is 0. The van der Waals surface area contributed by atoms with Gasteiger partial charge in [-0.3, -0.25) is 0 Å². The van der Waals surface area contributed by atoms with E-state index in [-0.39, 0.29) is 0 Å². The minimum Gasteiger partial charge on any atom is -0.416 e. The van der Waals surface area contributed by atoms with Gasteiger partial charge in [0, 0.05) is 22.2 Å². The molecular formula is C28H56O4Si4. The first-order valence-electron chi connectivity index (χ1n) is 16.1. The molecule has 36 heavy (non-hydrogen) atoms. The van der Waals surface area contributed by atoms with Crippen LogP contribution >= 0.6 is 0 Å². The van der Waals surface area contributed by atoms with Crippen LogP contribution < -0.4 is 0 Å².